The van der Waals surface area contributed by atoms with Crippen LogP contribution < -0.4 is 0 Å². The highest BCUT2D eigenvalue weighted by atomic mass is 16.2. The fraction of sp³-hybridized carbons (Fsp3) is 0.462. The van der Waals surface area contributed by atoms with Crippen LogP contribution in [0.3, 0.4) is 0 Å². The summed E-state index contributed by atoms with van der Waals surface area (Å²) in [7, 11) is 0. The third-order valence-electron chi connectivity index (χ3n) is 6.80. The van der Waals surface area contributed by atoms with E-state index in [0.29, 0.717) is 0 Å². The normalized spacial score (nSPS) is 19.8. The molecule has 2 aromatic carbocycles. The summed E-state index contributed by atoms with van der Waals surface area (Å²) in [5.74, 6) is 0.545. The Labute approximate surface area is 185 Å². The van der Waals surface area contributed by atoms with E-state index in [9.17, 15) is 9.59 Å². The van der Waals surface area contributed by atoms with E-state index in [1.165, 1.54) is 5.56 Å². The predicted molar refractivity (Wildman–Crippen MR) is 123 cm³/mol. The van der Waals surface area contributed by atoms with Crippen molar-refractivity contribution in [1.29, 1.82) is 0 Å². The second-order valence-electron chi connectivity index (χ2n) is 8.80. The van der Waals surface area contributed by atoms with Gasteiger partial charge in [-0.1, -0.05) is 60.7 Å². The van der Waals surface area contributed by atoms with Crippen LogP contribution in [-0.4, -0.2) is 71.7 Å². The van der Waals surface area contributed by atoms with Crippen LogP contribution in [-0.2, 0) is 11.3 Å². The number of ketones is 1. The van der Waals surface area contributed by atoms with Crippen molar-refractivity contribution in [3.8, 4) is 0 Å². The number of Topliss-reactive ketones (excluding diaryl/α,β-unsaturated/α-hetero) is 1. The van der Waals surface area contributed by atoms with Gasteiger partial charge in [0.25, 0.3) is 0 Å². The Balaban J connectivity index is 1.23. The first kappa shape index (κ1) is 21.7. The smallest absolute Gasteiger partial charge is 0.239 e. The summed E-state index contributed by atoms with van der Waals surface area (Å²) in [4.78, 5) is 32.5. The molecular weight excluding hydrogens is 386 g/mol. The van der Waals surface area contributed by atoms with Crippen LogP contribution in [0.2, 0.25) is 0 Å². The molecule has 0 unspecified atom stereocenters. The Morgan fingerprint density at radius 1 is 0.839 bits per heavy atom. The van der Waals surface area contributed by atoms with Gasteiger partial charge in [0.1, 0.15) is 0 Å². The number of nitrogens with zero attached hydrogens (tertiary/aromatic N) is 3. The summed E-state index contributed by atoms with van der Waals surface area (Å²) in [5.41, 5.74) is 2.13. The third-order valence-corrected chi connectivity index (χ3v) is 6.80. The molecule has 0 radical (unpaired) electrons. The molecule has 1 atom stereocenters. The molecule has 2 heterocycles. The molecule has 0 aliphatic carbocycles. The average Bonchev–Trinajstić information content (AvgIpc) is 2.84. The van der Waals surface area contributed by atoms with Gasteiger partial charge in [-0.05, 0) is 38.4 Å². The Hall–Kier alpha value is -2.50. The monoisotopic (exact) mass is 419 g/mol. The summed E-state index contributed by atoms with van der Waals surface area (Å²) < 4.78 is 0. The molecule has 2 saturated heterocycles. The van der Waals surface area contributed by atoms with Gasteiger partial charge in [-0.15, -0.1) is 0 Å². The largest absolute Gasteiger partial charge is 0.339 e. The molecule has 5 heteroatoms. The number of carbonyl (C=O) groups excluding carboxylic acids is 2. The number of amides is 1. The quantitative estimate of drug-likeness (QED) is 0.674. The Bertz CT molecular complexity index is 855. The Morgan fingerprint density at radius 2 is 1.42 bits per heavy atom. The van der Waals surface area contributed by atoms with Crippen LogP contribution in [0.5, 0.6) is 0 Å². The number of likely N-dealkylation sites (tertiary alicyclic amines) is 1. The summed E-state index contributed by atoms with van der Waals surface area (Å²) in [6.45, 7) is 8.01. The van der Waals surface area contributed by atoms with E-state index >= 15 is 0 Å². The van der Waals surface area contributed by atoms with E-state index in [4.69, 9.17) is 0 Å². The average molecular weight is 420 g/mol. The number of piperazine rings is 1. The predicted octanol–water partition coefficient (Wildman–Crippen LogP) is 3.31. The zero-order chi connectivity index (χ0) is 21.6. The van der Waals surface area contributed by atoms with Crippen molar-refractivity contribution >= 4 is 11.7 Å². The highest BCUT2D eigenvalue weighted by molar-refractivity contribution is 5.97. The molecule has 0 bridgehead atoms. The van der Waals surface area contributed by atoms with Crippen LogP contribution in [0.15, 0.2) is 60.7 Å². The summed E-state index contributed by atoms with van der Waals surface area (Å²) in [5, 5.41) is 0. The first-order valence-electron chi connectivity index (χ1n) is 11.5. The molecule has 0 aromatic heterocycles. The molecule has 0 N–H and O–H groups in total. The number of piperidine rings is 1. The summed E-state index contributed by atoms with van der Waals surface area (Å²) in [6, 6.07) is 20.0. The molecule has 5 nitrogen and oxygen atoms in total. The van der Waals surface area contributed by atoms with Gasteiger partial charge >= 0.3 is 0 Å². The van der Waals surface area contributed by atoms with Crippen LogP contribution in [0.25, 0.3) is 0 Å². The molecule has 31 heavy (non-hydrogen) atoms. The van der Waals surface area contributed by atoms with E-state index in [-0.39, 0.29) is 23.7 Å². The zero-order valence-corrected chi connectivity index (χ0v) is 18.5. The molecule has 0 saturated carbocycles. The van der Waals surface area contributed by atoms with Crippen molar-refractivity contribution in [1.82, 2.24) is 14.7 Å². The first-order valence-corrected chi connectivity index (χ1v) is 11.5. The molecule has 4 rings (SSSR count). The lowest BCUT2D eigenvalue weighted by atomic mass is 9.88. The minimum atomic E-state index is -0.117. The standard InChI is InChI=1S/C26H33N3O2/c1-21(28-14-12-24(13-15-28)25(30)23-10-6-3-7-11-23)26(31)29-18-16-27(17-19-29)20-22-8-4-2-5-9-22/h2-11,21,24H,12-20H2,1H3/t21-/m1/s1. The molecule has 2 aliphatic heterocycles. The highest BCUT2D eigenvalue weighted by Crippen LogP contribution is 2.24. The van der Waals surface area contributed by atoms with E-state index in [1.807, 2.05) is 48.2 Å². The first-order chi connectivity index (χ1) is 15.1. The lowest BCUT2D eigenvalue weighted by molar-refractivity contribution is -0.138. The van der Waals surface area contributed by atoms with Gasteiger partial charge < -0.3 is 4.90 Å². The molecule has 164 valence electrons. The van der Waals surface area contributed by atoms with E-state index in [0.717, 1.165) is 64.2 Å². The van der Waals surface area contributed by atoms with Gasteiger partial charge in [0.05, 0.1) is 6.04 Å². The van der Waals surface area contributed by atoms with Gasteiger partial charge in [-0.25, -0.2) is 0 Å². The molecule has 2 aromatic rings. The highest BCUT2D eigenvalue weighted by Gasteiger charge is 2.32. The maximum atomic E-state index is 13.1. The fourth-order valence-corrected chi connectivity index (χ4v) is 4.78. The molecule has 2 fully saturated rings. The summed E-state index contributed by atoms with van der Waals surface area (Å²) >= 11 is 0. The lowest BCUT2D eigenvalue weighted by Gasteiger charge is -2.40. The minimum Gasteiger partial charge on any atom is -0.339 e. The number of hydrogen-bond acceptors (Lipinski definition) is 4. The van der Waals surface area contributed by atoms with Crippen LogP contribution >= 0.6 is 0 Å². The number of benzene rings is 2. The molecular formula is C26H33N3O2. The van der Waals surface area contributed by atoms with Gasteiger partial charge in [0.2, 0.25) is 5.91 Å². The van der Waals surface area contributed by atoms with Crippen molar-refractivity contribution in [2.75, 3.05) is 39.3 Å². The lowest BCUT2D eigenvalue weighted by Crippen LogP contribution is -2.55. The molecule has 2 aliphatic rings. The van der Waals surface area contributed by atoms with Crippen molar-refractivity contribution in [3.63, 3.8) is 0 Å². The van der Waals surface area contributed by atoms with Crippen LogP contribution in [0.1, 0.15) is 35.7 Å². The maximum Gasteiger partial charge on any atom is 0.239 e. The SMILES string of the molecule is C[C@H](C(=O)N1CCN(Cc2ccccc2)CC1)N1CCC(C(=O)c2ccccc2)CC1. The summed E-state index contributed by atoms with van der Waals surface area (Å²) in [6.07, 6.45) is 1.66. The third kappa shape index (κ3) is 5.41. The van der Waals surface area contributed by atoms with Crippen LogP contribution in [0, 0.1) is 5.92 Å². The van der Waals surface area contributed by atoms with Gasteiger partial charge in [-0.2, -0.15) is 0 Å². The second kappa shape index (κ2) is 10.2. The minimum absolute atomic E-state index is 0.0717. The van der Waals surface area contributed by atoms with Crippen molar-refractivity contribution < 1.29 is 9.59 Å². The topological polar surface area (TPSA) is 43.9 Å². The number of hydrogen-bond donors (Lipinski definition) is 0. The van der Waals surface area contributed by atoms with E-state index in [1.54, 1.807) is 0 Å². The van der Waals surface area contributed by atoms with Crippen molar-refractivity contribution in [3.05, 3.63) is 71.8 Å². The number of rotatable bonds is 6. The van der Waals surface area contributed by atoms with Gasteiger partial charge in [0.15, 0.2) is 5.78 Å². The molecule has 0 spiro atoms. The van der Waals surface area contributed by atoms with E-state index < -0.39 is 0 Å². The Kier molecular flexibility index (Phi) is 7.15. The Morgan fingerprint density at radius 3 is 2.03 bits per heavy atom. The van der Waals surface area contributed by atoms with E-state index in [2.05, 4.69) is 34.1 Å². The number of carbonyl (C=O) groups is 2. The van der Waals surface area contributed by atoms with Crippen LogP contribution in [0.4, 0.5) is 0 Å². The van der Waals surface area contributed by atoms with Crippen molar-refractivity contribution in [2.24, 2.45) is 5.92 Å². The van der Waals surface area contributed by atoms with Gasteiger partial charge in [-0.3, -0.25) is 19.4 Å². The zero-order valence-electron chi connectivity index (χ0n) is 18.5. The fourth-order valence-electron chi connectivity index (χ4n) is 4.78. The van der Waals surface area contributed by atoms with Crippen molar-refractivity contribution in [2.45, 2.75) is 32.4 Å². The maximum absolute atomic E-state index is 13.1. The molecule has 1 amide bonds. The second-order valence-corrected chi connectivity index (χ2v) is 8.80. The van der Waals surface area contributed by atoms with Gasteiger partial charge in [0, 0.05) is 44.2 Å².